The van der Waals surface area contributed by atoms with Crippen molar-refractivity contribution in [2.75, 3.05) is 6.61 Å². The Morgan fingerprint density at radius 2 is 2.20 bits per heavy atom. The van der Waals surface area contributed by atoms with Crippen molar-refractivity contribution in [1.82, 2.24) is 15.5 Å². The number of nitrogens with one attached hydrogen (secondary N) is 2. The summed E-state index contributed by atoms with van der Waals surface area (Å²) in [5.41, 5.74) is 3.56. The first-order valence-electron chi connectivity index (χ1n) is 7.22. The predicted molar refractivity (Wildman–Crippen MR) is 78.5 cm³/mol. The van der Waals surface area contributed by atoms with Crippen molar-refractivity contribution in [3.63, 3.8) is 0 Å². The molecular weight excluding hydrogens is 250 g/mol. The van der Waals surface area contributed by atoms with Crippen molar-refractivity contribution >= 4 is 0 Å². The summed E-state index contributed by atoms with van der Waals surface area (Å²) in [6.45, 7) is 4.55. The molecule has 1 aliphatic carbocycles. The molecule has 20 heavy (non-hydrogen) atoms. The van der Waals surface area contributed by atoms with Gasteiger partial charge in [-0.25, -0.2) is 0 Å². The van der Waals surface area contributed by atoms with Crippen molar-refractivity contribution in [1.29, 1.82) is 0 Å². The SMILES string of the molecule is Cc1ccc(CNCc2ccn[nH]2)c(OCC2CC2)c1. The maximum atomic E-state index is 5.97. The Kier molecular flexibility index (Phi) is 4.02. The summed E-state index contributed by atoms with van der Waals surface area (Å²) in [5.74, 6) is 1.80. The van der Waals surface area contributed by atoms with Crippen LogP contribution >= 0.6 is 0 Å². The summed E-state index contributed by atoms with van der Waals surface area (Å²) >= 11 is 0. The molecule has 106 valence electrons. The van der Waals surface area contributed by atoms with Crippen LogP contribution in [0.15, 0.2) is 30.5 Å². The van der Waals surface area contributed by atoms with Gasteiger partial charge in [-0.15, -0.1) is 0 Å². The van der Waals surface area contributed by atoms with Crippen LogP contribution in [0, 0.1) is 12.8 Å². The monoisotopic (exact) mass is 271 g/mol. The second-order valence-electron chi connectivity index (χ2n) is 5.55. The fourth-order valence-corrected chi connectivity index (χ4v) is 2.15. The van der Waals surface area contributed by atoms with E-state index in [4.69, 9.17) is 4.74 Å². The van der Waals surface area contributed by atoms with E-state index in [0.717, 1.165) is 37.1 Å². The molecule has 3 rings (SSSR count). The molecule has 1 fully saturated rings. The molecule has 2 N–H and O–H groups in total. The first-order chi connectivity index (χ1) is 9.81. The molecule has 1 aromatic heterocycles. The molecule has 1 aliphatic rings. The van der Waals surface area contributed by atoms with Crippen LogP contribution < -0.4 is 10.1 Å². The number of aromatic amines is 1. The number of nitrogens with zero attached hydrogens (tertiary/aromatic N) is 1. The third-order valence-electron chi connectivity index (χ3n) is 3.58. The Hall–Kier alpha value is -1.81. The van der Waals surface area contributed by atoms with E-state index < -0.39 is 0 Å². The van der Waals surface area contributed by atoms with E-state index in [2.05, 4.69) is 40.6 Å². The van der Waals surface area contributed by atoms with Crippen molar-refractivity contribution in [2.45, 2.75) is 32.9 Å². The lowest BCUT2D eigenvalue weighted by atomic mass is 10.1. The van der Waals surface area contributed by atoms with E-state index in [9.17, 15) is 0 Å². The Bertz CT molecular complexity index is 547. The molecule has 0 atom stereocenters. The van der Waals surface area contributed by atoms with Gasteiger partial charge in [0.15, 0.2) is 0 Å². The van der Waals surface area contributed by atoms with Gasteiger partial charge < -0.3 is 10.1 Å². The van der Waals surface area contributed by atoms with Gasteiger partial charge in [-0.3, -0.25) is 5.10 Å². The van der Waals surface area contributed by atoms with Crippen LogP contribution in [0.3, 0.4) is 0 Å². The van der Waals surface area contributed by atoms with Crippen LogP contribution in [0.5, 0.6) is 5.75 Å². The predicted octanol–water partition coefficient (Wildman–Crippen LogP) is 2.80. The second kappa shape index (κ2) is 6.09. The van der Waals surface area contributed by atoms with Gasteiger partial charge in [-0.1, -0.05) is 12.1 Å². The molecule has 4 nitrogen and oxygen atoms in total. The maximum Gasteiger partial charge on any atom is 0.124 e. The van der Waals surface area contributed by atoms with Crippen molar-refractivity contribution in [3.05, 3.63) is 47.3 Å². The van der Waals surface area contributed by atoms with E-state index in [1.165, 1.54) is 24.0 Å². The van der Waals surface area contributed by atoms with Gasteiger partial charge in [-0.2, -0.15) is 5.10 Å². The summed E-state index contributed by atoms with van der Waals surface area (Å²) in [6, 6.07) is 8.40. The summed E-state index contributed by atoms with van der Waals surface area (Å²) in [5, 5.41) is 10.3. The van der Waals surface area contributed by atoms with E-state index >= 15 is 0 Å². The highest BCUT2D eigenvalue weighted by Gasteiger charge is 2.22. The van der Waals surface area contributed by atoms with Crippen molar-refractivity contribution in [2.24, 2.45) is 5.92 Å². The number of rotatable bonds is 7. The molecule has 0 radical (unpaired) electrons. The lowest BCUT2D eigenvalue weighted by Crippen LogP contribution is -2.14. The number of ether oxygens (including phenoxy) is 1. The van der Waals surface area contributed by atoms with Crippen LogP contribution in [0.4, 0.5) is 0 Å². The largest absolute Gasteiger partial charge is 0.493 e. The van der Waals surface area contributed by atoms with Gasteiger partial charge in [0.1, 0.15) is 5.75 Å². The Morgan fingerprint density at radius 1 is 1.30 bits per heavy atom. The summed E-state index contributed by atoms with van der Waals surface area (Å²) in [4.78, 5) is 0. The molecular formula is C16H21N3O. The third kappa shape index (κ3) is 3.61. The molecule has 1 aromatic carbocycles. The number of hydrogen-bond acceptors (Lipinski definition) is 3. The Morgan fingerprint density at radius 3 is 2.95 bits per heavy atom. The lowest BCUT2D eigenvalue weighted by molar-refractivity contribution is 0.296. The van der Waals surface area contributed by atoms with Gasteiger partial charge in [0.25, 0.3) is 0 Å². The quantitative estimate of drug-likeness (QED) is 0.814. The summed E-state index contributed by atoms with van der Waals surface area (Å²) < 4.78 is 5.97. The minimum Gasteiger partial charge on any atom is -0.493 e. The zero-order valence-corrected chi connectivity index (χ0v) is 11.9. The first kappa shape index (κ1) is 13.2. The third-order valence-corrected chi connectivity index (χ3v) is 3.58. The molecule has 0 amide bonds. The number of aryl methyl sites for hydroxylation is 1. The fourth-order valence-electron chi connectivity index (χ4n) is 2.15. The number of H-pyrrole nitrogens is 1. The van der Waals surface area contributed by atoms with Crippen LogP contribution in [0.2, 0.25) is 0 Å². The first-order valence-corrected chi connectivity index (χ1v) is 7.22. The zero-order chi connectivity index (χ0) is 13.8. The average Bonchev–Trinajstić information content (AvgIpc) is 3.13. The minimum atomic E-state index is 0.779. The van der Waals surface area contributed by atoms with Gasteiger partial charge >= 0.3 is 0 Å². The Balaban J connectivity index is 1.58. The van der Waals surface area contributed by atoms with E-state index in [0.29, 0.717) is 0 Å². The normalized spacial score (nSPS) is 14.4. The molecule has 0 spiro atoms. The summed E-state index contributed by atoms with van der Waals surface area (Å²) in [7, 11) is 0. The van der Waals surface area contributed by atoms with E-state index in [-0.39, 0.29) is 0 Å². The molecule has 0 unspecified atom stereocenters. The fraction of sp³-hybridized carbons (Fsp3) is 0.438. The van der Waals surface area contributed by atoms with Crippen LogP contribution in [0.1, 0.15) is 29.7 Å². The molecule has 4 heteroatoms. The summed E-state index contributed by atoms with van der Waals surface area (Å²) in [6.07, 6.45) is 4.41. The second-order valence-corrected chi connectivity index (χ2v) is 5.55. The highest BCUT2D eigenvalue weighted by atomic mass is 16.5. The highest BCUT2D eigenvalue weighted by molar-refractivity contribution is 5.37. The van der Waals surface area contributed by atoms with E-state index in [1.54, 1.807) is 6.20 Å². The standard InChI is InChI=1S/C16H21N3O/c1-12-2-5-14(9-17-10-15-6-7-18-19-15)16(8-12)20-11-13-3-4-13/h2,5-8,13,17H,3-4,9-11H2,1H3,(H,18,19). The molecule has 1 saturated carbocycles. The number of benzene rings is 1. The van der Waals surface area contributed by atoms with Crippen molar-refractivity contribution < 1.29 is 4.74 Å². The molecule has 2 aromatic rings. The number of hydrogen-bond donors (Lipinski definition) is 2. The maximum absolute atomic E-state index is 5.97. The zero-order valence-electron chi connectivity index (χ0n) is 11.9. The average molecular weight is 271 g/mol. The Labute approximate surface area is 119 Å². The van der Waals surface area contributed by atoms with Crippen molar-refractivity contribution in [3.8, 4) is 5.75 Å². The number of aromatic nitrogens is 2. The van der Waals surface area contributed by atoms with Crippen LogP contribution in [-0.2, 0) is 13.1 Å². The molecule has 1 heterocycles. The topological polar surface area (TPSA) is 49.9 Å². The molecule has 0 aliphatic heterocycles. The lowest BCUT2D eigenvalue weighted by Gasteiger charge is -2.13. The molecule has 0 bridgehead atoms. The van der Waals surface area contributed by atoms with E-state index in [1.807, 2.05) is 6.07 Å². The minimum absolute atomic E-state index is 0.779. The van der Waals surface area contributed by atoms with Crippen LogP contribution in [-0.4, -0.2) is 16.8 Å². The molecule has 0 saturated heterocycles. The smallest absolute Gasteiger partial charge is 0.124 e. The van der Waals surface area contributed by atoms with Crippen LogP contribution in [0.25, 0.3) is 0 Å². The highest BCUT2D eigenvalue weighted by Crippen LogP contribution is 2.30. The van der Waals surface area contributed by atoms with Gasteiger partial charge in [0.2, 0.25) is 0 Å². The van der Waals surface area contributed by atoms with Gasteiger partial charge in [0, 0.05) is 30.5 Å². The van der Waals surface area contributed by atoms with Gasteiger partial charge in [0.05, 0.1) is 6.61 Å². The van der Waals surface area contributed by atoms with Gasteiger partial charge in [-0.05, 0) is 43.4 Å².